The smallest absolute Gasteiger partial charge is 0.317 e. The lowest BCUT2D eigenvalue weighted by Crippen LogP contribution is -2.41. The number of aromatic nitrogens is 1. The summed E-state index contributed by atoms with van der Waals surface area (Å²) < 4.78 is 0. The van der Waals surface area contributed by atoms with E-state index in [0.29, 0.717) is 13.1 Å². The number of hydrogen-bond donors (Lipinski definition) is 1. The molecule has 4 nitrogen and oxygen atoms in total. The monoisotopic (exact) mass is 319 g/mol. The number of carbonyl (C=O) groups is 1. The lowest BCUT2D eigenvalue weighted by atomic mass is 10.1. The number of thiophene rings is 1. The molecule has 0 spiro atoms. The van der Waals surface area contributed by atoms with Gasteiger partial charge in [-0.15, -0.1) is 22.7 Å². The summed E-state index contributed by atoms with van der Waals surface area (Å²) in [7, 11) is 0. The predicted molar refractivity (Wildman–Crippen MR) is 87.6 cm³/mol. The fraction of sp³-hybridized carbons (Fsp3) is 0.333. The van der Waals surface area contributed by atoms with Gasteiger partial charge in [-0.3, -0.25) is 0 Å². The van der Waals surface area contributed by atoms with Crippen molar-refractivity contribution in [2.45, 2.75) is 19.9 Å². The number of thiazole rings is 1. The first-order valence-corrected chi connectivity index (χ1v) is 8.64. The maximum Gasteiger partial charge on any atom is 0.317 e. The summed E-state index contributed by atoms with van der Waals surface area (Å²) in [6.45, 7) is 3.99. The van der Waals surface area contributed by atoms with Gasteiger partial charge >= 0.3 is 6.03 Å². The minimum Gasteiger partial charge on any atom is -0.333 e. The second-order valence-corrected chi connectivity index (χ2v) is 6.81. The first-order valence-electron chi connectivity index (χ1n) is 6.88. The zero-order chi connectivity index (χ0) is 14.7. The summed E-state index contributed by atoms with van der Waals surface area (Å²) in [5.74, 6) is 0. The molecule has 21 heavy (non-hydrogen) atoms. The van der Waals surface area contributed by atoms with Crippen molar-refractivity contribution in [3.8, 4) is 0 Å². The van der Waals surface area contributed by atoms with Gasteiger partial charge in [0.1, 0.15) is 0 Å². The fourth-order valence-electron chi connectivity index (χ4n) is 2.30. The van der Waals surface area contributed by atoms with Crippen LogP contribution in [0.15, 0.2) is 29.1 Å². The van der Waals surface area contributed by atoms with Crippen molar-refractivity contribution < 1.29 is 4.79 Å². The molecule has 3 heterocycles. The Morgan fingerprint density at radius 2 is 2.38 bits per heavy atom. The third-order valence-electron chi connectivity index (χ3n) is 3.58. The van der Waals surface area contributed by atoms with Crippen LogP contribution in [0, 0.1) is 6.92 Å². The Balaban J connectivity index is 1.54. The maximum atomic E-state index is 12.2. The van der Waals surface area contributed by atoms with Crippen molar-refractivity contribution in [1.29, 1.82) is 0 Å². The average Bonchev–Trinajstić information content (AvgIpc) is 3.17. The van der Waals surface area contributed by atoms with Crippen LogP contribution in [0.5, 0.6) is 0 Å². The minimum atomic E-state index is 0.00396. The second kappa shape index (κ2) is 6.41. The van der Waals surface area contributed by atoms with Crippen LogP contribution in [-0.4, -0.2) is 29.0 Å². The Morgan fingerprint density at radius 3 is 3.00 bits per heavy atom. The molecule has 1 N–H and O–H groups in total. The van der Waals surface area contributed by atoms with Gasteiger partial charge in [0.15, 0.2) is 0 Å². The van der Waals surface area contributed by atoms with Crippen molar-refractivity contribution >= 4 is 34.3 Å². The van der Waals surface area contributed by atoms with Gasteiger partial charge in [-0.2, -0.15) is 0 Å². The van der Waals surface area contributed by atoms with Crippen molar-refractivity contribution in [2.24, 2.45) is 0 Å². The molecule has 0 bridgehead atoms. The van der Waals surface area contributed by atoms with Crippen molar-refractivity contribution in [3.63, 3.8) is 0 Å². The number of rotatable bonds is 3. The molecule has 2 aromatic heterocycles. The lowest BCUT2D eigenvalue weighted by Gasteiger charge is -2.26. The fourth-order valence-corrected chi connectivity index (χ4v) is 3.82. The highest BCUT2D eigenvalue weighted by atomic mass is 32.1. The van der Waals surface area contributed by atoms with Gasteiger partial charge in [0.25, 0.3) is 0 Å². The summed E-state index contributed by atoms with van der Waals surface area (Å²) >= 11 is 3.34. The third-order valence-corrected chi connectivity index (χ3v) is 5.46. The molecule has 0 unspecified atom stereocenters. The van der Waals surface area contributed by atoms with Crippen LogP contribution >= 0.6 is 22.7 Å². The standard InChI is InChI=1S/C15H17N3OS2/c1-11-14(21-10-17-11)9-16-15(19)18-6-4-12(5-7-18)13-3-2-8-20-13/h2-4,8,10H,5-7,9H2,1H3,(H,16,19). The van der Waals surface area contributed by atoms with Crippen LogP contribution in [-0.2, 0) is 6.54 Å². The van der Waals surface area contributed by atoms with Crippen LogP contribution in [0.3, 0.4) is 0 Å². The molecule has 1 aliphatic rings. The van der Waals surface area contributed by atoms with Gasteiger partial charge in [0, 0.05) is 22.8 Å². The molecule has 0 saturated heterocycles. The zero-order valence-corrected chi connectivity index (χ0v) is 13.5. The minimum absolute atomic E-state index is 0.00396. The molecule has 2 aromatic rings. The first-order chi connectivity index (χ1) is 10.2. The molecular formula is C15H17N3OS2. The molecule has 0 atom stereocenters. The second-order valence-electron chi connectivity index (χ2n) is 4.92. The molecule has 0 fully saturated rings. The Kier molecular flexibility index (Phi) is 4.36. The first kappa shape index (κ1) is 14.3. The van der Waals surface area contributed by atoms with Crippen LogP contribution in [0.2, 0.25) is 0 Å². The highest BCUT2D eigenvalue weighted by Crippen LogP contribution is 2.26. The van der Waals surface area contributed by atoms with Crippen LogP contribution in [0.1, 0.15) is 21.9 Å². The Bertz CT molecular complexity index is 646. The molecule has 1 aliphatic heterocycles. The normalized spacial score (nSPS) is 14.9. The van der Waals surface area contributed by atoms with Crippen molar-refractivity contribution in [1.82, 2.24) is 15.2 Å². The lowest BCUT2D eigenvalue weighted by molar-refractivity contribution is 0.202. The van der Waals surface area contributed by atoms with E-state index < -0.39 is 0 Å². The Hall–Kier alpha value is -1.66. The average molecular weight is 319 g/mol. The molecule has 0 aliphatic carbocycles. The number of aryl methyl sites for hydroxylation is 1. The third kappa shape index (κ3) is 3.33. The summed E-state index contributed by atoms with van der Waals surface area (Å²) in [5, 5.41) is 5.07. The number of carbonyl (C=O) groups excluding carboxylic acids is 1. The summed E-state index contributed by atoms with van der Waals surface area (Å²) in [4.78, 5) is 20.7. The van der Waals surface area contributed by atoms with E-state index in [0.717, 1.165) is 23.5 Å². The van der Waals surface area contributed by atoms with Crippen molar-refractivity contribution in [2.75, 3.05) is 13.1 Å². The molecule has 0 aromatic carbocycles. The van der Waals surface area contributed by atoms with E-state index in [1.807, 2.05) is 17.3 Å². The molecule has 0 saturated carbocycles. The summed E-state index contributed by atoms with van der Waals surface area (Å²) in [5.41, 5.74) is 4.17. The van der Waals surface area contributed by atoms with Gasteiger partial charge in [0.05, 0.1) is 17.7 Å². The van der Waals surface area contributed by atoms with Gasteiger partial charge in [-0.05, 0) is 30.4 Å². The molecule has 2 amide bonds. The SMILES string of the molecule is Cc1ncsc1CNC(=O)N1CC=C(c2cccs2)CC1. The van der Waals surface area contributed by atoms with E-state index in [1.54, 1.807) is 22.7 Å². The van der Waals surface area contributed by atoms with Crippen LogP contribution in [0.25, 0.3) is 5.57 Å². The van der Waals surface area contributed by atoms with Crippen LogP contribution in [0.4, 0.5) is 4.79 Å². The van der Waals surface area contributed by atoms with E-state index in [4.69, 9.17) is 0 Å². The Labute approximate surface area is 132 Å². The molecule has 110 valence electrons. The predicted octanol–water partition coefficient (Wildman–Crippen LogP) is 3.51. The molecule has 3 rings (SSSR count). The highest BCUT2D eigenvalue weighted by molar-refractivity contribution is 7.11. The summed E-state index contributed by atoms with van der Waals surface area (Å²) in [6.07, 6.45) is 3.08. The van der Waals surface area contributed by atoms with E-state index >= 15 is 0 Å². The molecule has 0 radical (unpaired) electrons. The van der Waals surface area contributed by atoms with Gasteiger partial charge in [-0.1, -0.05) is 12.1 Å². The number of amides is 2. The highest BCUT2D eigenvalue weighted by Gasteiger charge is 2.18. The zero-order valence-electron chi connectivity index (χ0n) is 11.8. The van der Waals surface area contributed by atoms with E-state index in [1.165, 1.54) is 10.5 Å². The van der Waals surface area contributed by atoms with Crippen LogP contribution < -0.4 is 5.32 Å². The molecular weight excluding hydrogens is 302 g/mol. The number of hydrogen-bond acceptors (Lipinski definition) is 4. The Morgan fingerprint density at radius 1 is 1.48 bits per heavy atom. The van der Waals surface area contributed by atoms with E-state index in [-0.39, 0.29) is 6.03 Å². The van der Waals surface area contributed by atoms with Gasteiger partial charge < -0.3 is 10.2 Å². The topological polar surface area (TPSA) is 45.2 Å². The largest absolute Gasteiger partial charge is 0.333 e. The molecule has 6 heteroatoms. The summed E-state index contributed by atoms with van der Waals surface area (Å²) in [6, 6.07) is 4.21. The number of nitrogens with one attached hydrogen (secondary N) is 1. The van der Waals surface area contributed by atoms with Crippen molar-refractivity contribution in [3.05, 3.63) is 44.5 Å². The van der Waals surface area contributed by atoms with Gasteiger partial charge in [0.2, 0.25) is 0 Å². The number of urea groups is 1. The van der Waals surface area contributed by atoms with Gasteiger partial charge in [-0.25, -0.2) is 9.78 Å². The van der Waals surface area contributed by atoms with E-state index in [2.05, 4.69) is 33.9 Å². The number of nitrogens with zero attached hydrogens (tertiary/aromatic N) is 2. The quantitative estimate of drug-likeness (QED) is 0.941. The maximum absolute atomic E-state index is 12.2. The van der Waals surface area contributed by atoms with E-state index in [9.17, 15) is 4.79 Å².